The average Bonchev–Trinajstić information content (AvgIpc) is 3.94. The number of benzene rings is 1. The summed E-state index contributed by atoms with van der Waals surface area (Å²) in [7, 11) is 5.91. The van der Waals surface area contributed by atoms with Crippen molar-refractivity contribution in [1.29, 1.82) is 0 Å². The number of allylic oxidation sites excluding steroid dienone is 3. The van der Waals surface area contributed by atoms with Crippen molar-refractivity contribution in [2.24, 2.45) is 23.2 Å². The monoisotopic (exact) mass is 1010 g/mol. The molecule has 0 aromatic heterocycles. The Hall–Kier alpha value is -4.49. The van der Waals surface area contributed by atoms with E-state index >= 15 is 0 Å². The molecule has 70 heavy (non-hydrogen) atoms. The summed E-state index contributed by atoms with van der Waals surface area (Å²) >= 11 is 8.05. The number of amides is 5. The van der Waals surface area contributed by atoms with Crippen molar-refractivity contribution in [2.45, 2.75) is 153 Å². The third kappa shape index (κ3) is 12.2. The maximum atomic E-state index is 14.4. The van der Waals surface area contributed by atoms with E-state index in [1.807, 2.05) is 33.8 Å². The third-order valence-corrected chi connectivity index (χ3v) is 16.3. The van der Waals surface area contributed by atoms with Gasteiger partial charge in [-0.2, -0.15) is 0 Å². The number of halogens is 1. The number of nitrogens with zero attached hydrogens (tertiary/aromatic N) is 3. The summed E-state index contributed by atoms with van der Waals surface area (Å²) in [6.07, 6.45) is 3.53. The Bertz CT molecular complexity index is 2260. The number of Topliss-reactive ketones (excluding diaryl/α,β-unsaturated/α-hetero) is 1. The van der Waals surface area contributed by atoms with Gasteiger partial charge in [-0.1, -0.05) is 63.1 Å². The zero-order valence-electron chi connectivity index (χ0n) is 42.3. The number of carbonyl (C=O) groups excluding carboxylic acids is 7. The standard InChI is InChI=1S/C51H71ClN4O13S/c1-28-13-12-14-38(66-11)51(64)26-36(67-48(63)53-51)29(2)45-50(7,69-45)39(25-41(58)55(9)34-22-32(21-28)23-35(65-10)43(34)52)68-47(62)30(3)54(8)40(57)19-20-70-37-24-42(59)56(46(37)61)27-31-15-17-33(18-16-31)44(60)49(4,5)6/h12-14,22-23,29-31,33,36-39,45,64H,15-21,24-27H2,1-11H3,(H,53,63)/b14-12+,28-13+/t29-,30+,31-,33-,36+,37+,38-,39+,45+,50+,51+/m1/s1. The Kier molecular flexibility index (Phi) is 17.3. The van der Waals surface area contributed by atoms with Gasteiger partial charge in [-0.05, 0) is 76.5 Å². The molecule has 19 heteroatoms. The van der Waals surface area contributed by atoms with Crippen molar-refractivity contribution in [1.82, 2.24) is 15.1 Å². The number of rotatable bonds is 12. The van der Waals surface area contributed by atoms with Crippen LogP contribution < -0.4 is 15.0 Å². The van der Waals surface area contributed by atoms with Crippen LogP contribution in [0.5, 0.6) is 5.75 Å². The number of alkyl carbamates (subject to hydrolysis) is 1. The molecular formula is C51H71ClN4O13S. The number of anilines is 1. The zero-order valence-corrected chi connectivity index (χ0v) is 43.9. The highest BCUT2D eigenvalue weighted by Gasteiger charge is 2.64. The Balaban J connectivity index is 1.14. The average molecular weight is 1020 g/mol. The maximum Gasteiger partial charge on any atom is 0.409 e. The summed E-state index contributed by atoms with van der Waals surface area (Å²) < 4.78 is 29.5. The summed E-state index contributed by atoms with van der Waals surface area (Å²) in [5, 5.41) is 13.9. The molecule has 4 heterocycles. The second-order valence-corrected chi connectivity index (χ2v) is 22.6. The molecular weight excluding hydrogens is 944 g/mol. The number of likely N-dealkylation sites (N-methyl/N-ethyl adjacent to an activating group) is 1. The smallest absolute Gasteiger partial charge is 0.409 e. The summed E-state index contributed by atoms with van der Waals surface area (Å²) in [4.78, 5) is 98.3. The minimum Gasteiger partial charge on any atom is -0.495 e. The van der Waals surface area contributed by atoms with Crippen LogP contribution in [0.3, 0.4) is 0 Å². The van der Waals surface area contributed by atoms with Crippen molar-refractivity contribution in [2.75, 3.05) is 45.5 Å². The lowest BCUT2D eigenvalue weighted by Crippen LogP contribution is -2.63. The van der Waals surface area contributed by atoms with Gasteiger partial charge in [0.05, 0.1) is 30.6 Å². The molecule has 0 spiro atoms. The molecule has 0 radical (unpaired) electrons. The molecule has 386 valence electrons. The second kappa shape index (κ2) is 22.1. The van der Waals surface area contributed by atoms with Gasteiger partial charge in [0.25, 0.3) is 0 Å². The second-order valence-electron chi connectivity index (χ2n) is 20.9. The fourth-order valence-electron chi connectivity index (χ4n) is 10.1. The molecule has 4 fully saturated rings. The molecule has 1 aromatic carbocycles. The number of hydrogen-bond donors (Lipinski definition) is 2. The van der Waals surface area contributed by atoms with Crippen LogP contribution in [0.15, 0.2) is 35.9 Å². The molecule has 3 saturated heterocycles. The van der Waals surface area contributed by atoms with Crippen LogP contribution in [-0.2, 0) is 54.1 Å². The first-order valence-corrected chi connectivity index (χ1v) is 25.6. The predicted molar refractivity (Wildman–Crippen MR) is 263 cm³/mol. The maximum absolute atomic E-state index is 14.4. The van der Waals surface area contributed by atoms with Crippen LogP contribution in [0.1, 0.15) is 105 Å². The zero-order chi connectivity index (χ0) is 51.6. The number of thioether (sulfide) groups is 1. The number of ether oxygens (including phenoxy) is 5. The first kappa shape index (κ1) is 54.8. The Morgan fingerprint density at radius 3 is 2.40 bits per heavy atom. The van der Waals surface area contributed by atoms with E-state index in [-0.39, 0.29) is 65.9 Å². The fraction of sp³-hybridized carbons (Fsp3) is 0.667. The molecule has 17 nitrogen and oxygen atoms in total. The number of hydrogen-bond acceptors (Lipinski definition) is 14. The Morgan fingerprint density at radius 2 is 1.76 bits per heavy atom. The number of nitrogens with one attached hydrogen (secondary N) is 1. The van der Waals surface area contributed by atoms with E-state index in [4.69, 9.17) is 35.3 Å². The van der Waals surface area contributed by atoms with Gasteiger partial charge >= 0.3 is 12.1 Å². The number of epoxide rings is 1. The van der Waals surface area contributed by atoms with E-state index in [0.717, 1.165) is 36.8 Å². The highest BCUT2D eigenvalue weighted by molar-refractivity contribution is 8.00. The van der Waals surface area contributed by atoms with Crippen LogP contribution in [0, 0.1) is 23.2 Å². The Labute approximate surface area is 420 Å². The number of ketones is 1. The fourth-order valence-corrected chi connectivity index (χ4v) is 11.6. The van der Waals surface area contributed by atoms with Gasteiger partial charge in [0, 0.05) is 70.0 Å². The summed E-state index contributed by atoms with van der Waals surface area (Å²) in [5.41, 5.74) is -1.54. The van der Waals surface area contributed by atoms with Crippen molar-refractivity contribution in [3.8, 4) is 5.75 Å². The van der Waals surface area contributed by atoms with Crippen LogP contribution in [0.4, 0.5) is 10.5 Å². The van der Waals surface area contributed by atoms with Crippen LogP contribution in [-0.4, -0.2) is 144 Å². The summed E-state index contributed by atoms with van der Waals surface area (Å²) in [5.74, 6) is -1.84. The lowest BCUT2D eigenvalue weighted by molar-refractivity contribution is -0.162. The molecule has 6 rings (SSSR count). The van der Waals surface area contributed by atoms with Gasteiger partial charge in [0.2, 0.25) is 23.6 Å². The summed E-state index contributed by atoms with van der Waals surface area (Å²) in [6.45, 7) is 13.0. The number of aliphatic hydroxyl groups is 1. The topological polar surface area (TPSA) is 211 Å². The molecule has 1 saturated carbocycles. The van der Waals surface area contributed by atoms with Gasteiger partial charge in [0.1, 0.15) is 46.5 Å². The third-order valence-electron chi connectivity index (χ3n) is 14.8. The number of fused-ring (bicyclic) bond motifs is 5. The lowest BCUT2D eigenvalue weighted by Gasteiger charge is -2.42. The van der Waals surface area contributed by atoms with Crippen LogP contribution >= 0.6 is 23.4 Å². The van der Waals surface area contributed by atoms with E-state index < -0.39 is 82.2 Å². The minimum atomic E-state index is -1.87. The molecule has 0 unspecified atom stereocenters. The van der Waals surface area contributed by atoms with Crippen LogP contribution in [0.25, 0.3) is 0 Å². The lowest BCUT2D eigenvalue weighted by atomic mass is 9.73. The van der Waals surface area contributed by atoms with Gasteiger partial charge in [-0.3, -0.25) is 34.2 Å². The molecule has 4 bridgehead atoms. The normalized spacial score (nSPS) is 32.4. The van der Waals surface area contributed by atoms with Crippen molar-refractivity contribution in [3.05, 3.63) is 46.5 Å². The van der Waals surface area contributed by atoms with E-state index in [9.17, 15) is 38.7 Å². The largest absolute Gasteiger partial charge is 0.495 e. The number of methoxy groups -OCH3 is 2. The SMILES string of the molecule is COc1cc2cc(c1Cl)N(C)C(=O)C[C@H](OC(=O)[C@H](C)N(C)C(=O)CCS[C@H]1CC(=O)N(C[C@H]3CC[C@H](C(=O)C(C)(C)C)CC3)C1=O)[C@]1(C)O[C@H]1[C@H](C)[C@@H]1C[C@@](O)(NC(=O)O1)[C@H](OC)/C=C/C=C(\C)C2. The van der Waals surface area contributed by atoms with Gasteiger partial charge in [0.15, 0.2) is 5.72 Å². The van der Waals surface area contributed by atoms with E-state index in [1.54, 1.807) is 45.2 Å². The molecule has 1 aromatic rings. The van der Waals surface area contributed by atoms with E-state index in [2.05, 4.69) is 5.32 Å². The van der Waals surface area contributed by atoms with Gasteiger partial charge in [-0.15, -0.1) is 11.8 Å². The van der Waals surface area contributed by atoms with Crippen molar-refractivity contribution < 1.29 is 62.4 Å². The van der Waals surface area contributed by atoms with Gasteiger partial charge < -0.3 is 38.6 Å². The first-order valence-electron chi connectivity index (χ1n) is 24.2. The number of likely N-dealkylation sites (tertiary alicyclic amines) is 1. The van der Waals surface area contributed by atoms with Crippen molar-refractivity contribution >= 4 is 70.5 Å². The summed E-state index contributed by atoms with van der Waals surface area (Å²) in [6, 6.07) is 2.43. The molecule has 5 aliphatic rings. The van der Waals surface area contributed by atoms with E-state index in [0.29, 0.717) is 24.4 Å². The highest BCUT2D eigenvalue weighted by Crippen LogP contribution is 2.49. The minimum absolute atomic E-state index is 0.000565. The highest BCUT2D eigenvalue weighted by atomic mass is 35.5. The first-order chi connectivity index (χ1) is 32.8. The number of carbonyl (C=O) groups is 7. The van der Waals surface area contributed by atoms with Crippen molar-refractivity contribution in [3.63, 3.8) is 0 Å². The molecule has 9 atom stereocenters. The molecule has 4 aliphatic heterocycles. The molecule has 5 amide bonds. The Morgan fingerprint density at radius 1 is 1.07 bits per heavy atom. The number of imide groups is 1. The van der Waals surface area contributed by atoms with E-state index in [1.165, 1.54) is 54.7 Å². The quantitative estimate of drug-likeness (QED) is 0.136. The van der Waals surface area contributed by atoms with Crippen LogP contribution in [0.2, 0.25) is 5.02 Å². The predicted octanol–water partition coefficient (Wildman–Crippen LogP) is 6.19. The molecule has 2 N–H and O–H groups in total. The van der Waals surface area contributed by atoms with Gasteiger partial charge in [-0.25, -0.2) is 9.59 Å². The number of esters is 1. The molecule has 1 aliphatic carbocycles.